The number of pyridine rings is 1. The Bertz CT molecular complexity index is 741. The van der Waals surface area contributed by atoms with Crippen LogP contribution in [0.15, 0.2) is 42.4 Å². The zero-order valence-electron chi connectivity index (χ0n) is 9.67. The molecule has 2 rings (SSSR count). The highest BCUT2D eigenvalue weighted by Crippen LogP contribution is 2.16. The number of allylic oxidation sites excluding steroid dienone is 1. The molecular formula is C14H10N4. The van der Waals surface area contributed by atoms with E-state index in [1.165, 1.54) is 0 Å². The van der Waals surface area contributed by atoms with Gasteiger partial charge in [-0.05, 0) is 18.4 Å². The topological polar surface area (TPSA) is 17.9 Å². The Kier molecular flexibility index (Phi) is 2.95. The van der Waals surface area contributed by atoms with Crippen LogP contribution in [0.1, 0.15) is 0 Å². The lowest BCUT2D eigenvalue weighted by atomic mass is 10.2. The second kappa shape index (κ2) is 4.57. The minimum absolute atomic E-state index is 0.526. The van der Waals surface area contributed by atoms with Crippen molar-refractivity contribution in [2.75, 3.05) is 0 Å². The SMILES string of the molecule is [C-]#[N+]C1=C/C(=c2\cc([N+]#[C-])cc[n+]2=C)N([CH2-])C=C1. The van der Waals surface area contributed by atoms with Crippen LogP contribution < -0.4 is 9.59 Å². The van der Waals surface area contributed by atoms with Crippen LogP contribution in [0.3, 0.4) is 0 Å². The molecule has 4 nitrogen and oxygen atoms in total. The number of nitrogens with zero attached hydrogens (tertiary/aromatic N) is 4. The van der Waals surface area contributed by atoms with Crippen molar-refractivity contribution in [1.29, 1.82) is 0 Å². The van der Waals surface area contributed by atoms with Gasteiger partial charge in [0.15, 0.2) is 17.6 Å². The van der Waals surface area contributed by atoms with Crippen LogP contribution >= 0.6 is 0 Å². The summed E-state index contributed by atoms with van der Waals surface area (Å²) in [7, 11) is 3.86. The maximum Gasteiger partial charge on any atom is 0.219 e. The first-order chi connectivity index (χ1) is 8.65. The predicted octanol–water partition coefficient (Wildman–Crippen LogP) is 1.70. The van der Waals surface area contributed by atoms with E-state index in [1.807, 2.05) is 0 Å². The molecule has 1 aliphatic rings. The van der Waals surface area contributed by atoms with E-state index in [4.69, 9.17) is 13.1 Å². The van der Waals surface area contributed by atoms with Gasteiger partial charge in [0, 0.05) is 12.1 Å². The highest BCUT2D eigenvalue weighted by Gasteiger charge is 2.08. The highest BCUT2D eigenvalue weighted by atomic mass is 15.1. The van der Waals surface area contributed by atoms with Gasteiger partial charge in [-0.25, -0.2) is 9.69 Å². The molecule has 2 heterocycles. The maximum absolute atomic E-state index is 7.03. The van der Waals surface area contributed by atoms with Gasteiger partial charge in [-0.3, -0.25) is 7.05 Å². The Morgan fingerprint density at radius 2 is 2.11 bits per heavy atom. The lowest BCUT2D eigenvalue weighted by Gasteiger charge is -2.25. The lowest BCUT2D eigenvalue weighted by molar-refractivity contribution is -0.514. The van der Waals surface area contributed by atoms with Gasteiger partial charge >= 0.3 is 0 Å². The zero-order valence-corrected chi connectivity index (χ0v) is 9.67. The molecule has 0 saturated carbocycles. The highest BCUT2D eigenvalue weighted by molar-refractivity contribution is 5.62. The van der Waals surface area contributed by atoms with Crippen molar-refractivity contribution in [3.05, 3.63) is 84.3 Å². The molecule has 18 heavy (non-hydrogen) atoms. The Morgan fingerprint density at radius 1 is 1.33 bits per heavy atom. The summed E-state index contributed by atoms with van der Waals surface area (Å²) in [6, 6.07) is 3.42. The normalized spacial score (nSPS) is 16.8. The van der Waals surface area contributed by atoms with E-state index in [9.17, 15) is 0 Å². The van der Waals surface area contributed by atoms with E-state index in [0.29, 0.717) is 11.4 Å². The maximum atomic E-state index is 7.03. The van der Waals surface area contributed by atoms with Gasteiger partial charge in [-0.2, -0.15) is 4.24 Å². The third-order valence-corrected chi connectivity index (χ3v) is 2.56. The first-order valence-electron chi connectivity index (χ1n) is 5.14. The second-order valence-electron chi connectivity index (χ2n) is 3.70. The van der Waals surface area contributed by atoms with Crippen molar-refractivity contribution in [3.8, 4) is 0 Å². The Balaban J connectivity index is 2.80. The summed E-state index contributed by atoms with van der Waals surface area (Å²) in [5, 5.41) is 0.740. The summed E-state index contributed by atoms with van der Waals surface area (Å²) in [5.74, 6) is 0. The third-order valence-electron chi connectivity index (χ3n) is 2.56. The van der Waals surface area contributed by atoms with Crippen LogP contribution in [0, 0.1) is 26.9 Å². The number of aromatic nitrogens is 1. The molecule has 0 unspecified atom stereocenters. The molecule has 0 atom stereocenters. The predicted molar refractivity (Wildman–Crippen MR) is 67.7 cm³/mol. The molecule has 4 heteroatoms. The lowest BCUT2D eigenvalue weighted by Crippen LogP contribution is -2.38. The molecule has 0 saturated heterocycles. The van der Waals surface area contributed by atoms with Gasteiger partial charge < -0.3 is 4.90 Å². The van der Waals surface area contributed by atoms with Crippen molar-refractivity contribution in [1.82, 2.24) is 4.90 Å². The summed E-state index contributed by atoms with van der Waals surface area (Å²) in [4.78, 5) is 8.43. The van der Waals surface area contributed by atoms with E-state index < -0.39 is 0 Å². The van der Waals surface area contributed by atoms with E-state index in [2.05, 4.69) is 23.5 Å². The minimum Gasteiger partial charge on any atom is -0.500 e. The van der Waals surface area contributed by atoms with E-state index in [1.54, 1.807) is 45.8 Å². The van der Waals surface area contributed by atoms with Gasteiger partial charge in [0.2, 0.25) is 5.35 Å². The van der Waals surface area contributed by atoms with Crippen molar-refractivity contribution in [3.63, 3.8) is 0 Å². The standard InChI is InChI=1S/C14H10N4/c1-15-11-5-7-17(3)13(9-11)14-10-12(16-2)6-8-18(14)4/h5-10H,3-4H2/b14-13-. The minimum atomic E-state index is 0.526. The number of rotatable bonds is 0. The quantitative estimate of drug-likeness (QED) is 0.493. The molecule has 1 aromatic heterocycles. The third kappa shape index (κ3) is 2.00. The summed E-state index contributed by atoms with van der Waals surface area (Å²) in [5.41, 5.74) is 1.79. The summed E-state index contributed by atoms with van der Waals surface area (Å²) in [6.45, 7) is 17.9. The molecule has 0 spiro atoms. The van der Waals surface area contributed by atoms with Crippen molar-refractivity contribution >= 4 is 11.4 Å². The largest absolute Gasteiger partial charge is 0.500 e. The fourth-order valence-corrected chi connectivity index (χ4v) is 1.62. The van der Waals surface area contributed by atoms with Crippen LogP contribution in [-0.2, 0) is 0 Å². The average Bonchev–Trinajstić information content (AvgIpc) is 2.40. The van der Waals surface area contributed by atoms with Crippen molar-refractivity contribution < 1.29 is 4.24 Å². The van der Waals surface area contributed by atoms with Crippen molar-refractivity contribution in [2.24, 2.45) is 0 Å². The number of hydrogen-bond acceptors (Lipinski definition) is 1. The van der Waals surface area contributed by atoms with E-state index >= 15 is 0 Å². The van der Waals surface area contributed by atoms with Gasteiger partial charge in [0.1, 0.15) is 6.72 Å². The Hall–Kier alpha value is -2.85. The average molecular weight is 234 g/mol. The fraction of sp³-hybridized carbons (Fsp3) is 0. The van der Waals surface area contributed by atoms with E-state index in [0.717, 1.165) is 11.0 Å². The van der Waals surface area contributed by atoms with Crippen LogP contribution in [0.25, 0.3) is 15.4 Å². The molecule has 0 radical (unpaired) electrons. The first-order valence-corrected chi connectivity index (χ1v) is 5.14. The van der Waals surface area contributed by atoms with Crippen molar-refractivity contribution in [2.45, 2.75) is 0 Å². The van der Waals surface area contributed by atoms with Gasteiger partial charge in [-0.1, -0.05) is 0 Å². The summed E-state index contributed by atoms with van der Waals surface area (Å²) < 4.78 is 1.65. The number of hydrogen-bond donors (Lipinski definition) is 0. The molecule has 0 amide bonds. The smallest absolute Gasteiger partial charge is 0.219 e. The first kappa shape index (κ1) is 11.6. The molecule has 0 fully saturated rings. The van der Waals surface area contributed by atoms with Crippen LogP contribution in [0.5, 0.6) is 0 Å². The second-order valence-corrected chi connectivity index (χ2v) is 3.70. The molecule has 0 N–H and O–H groups in total. The zero-order chi connectivity index (χ0) is 13.1. The monoisotopic (exact) mass is 234 g/mol. The molecular weight excluding hydrogens is 224 g/mol. The molecule has 1 aliphatic heterocycles. The van der Waals surface area contributed by atoms with Crippen LogP contribution in [0.4, 0.5) is 5.69 Å². The van der Waals surface area contributed by atoms with E-state index in [-0.39, 0.29) is 0 Å². The summed E-state index contributed by atoms with van der Waals surface area (Å²) in [6.07, 6.45) is 6.85. The fourth-order valence-electron chi connectivity index (χ4n) is 1.62. The molecule has 1 aromatic rings. The van der Waals surface area contributed by atoms with Crippen LogP contribution in [-0.4, -0.2) is 4.90 Å². The van der Waals surface area contributed by atoms with Gasteiger partial charge in [-0.15, -0.1) is 0 Å². The Labute approximate surface area is 105 Å². The molecule has 0 aromatic carbocycles. The van der Waals surface area contributed by atoms with Gasteiger partial charge in [0.05, 0.1) is 18.8 Å². The molecule has 86 valence electrons. The summed E-state index contributed by atoms with van der Waals surface area (Å²) >= 11 is 0. The van der Waals surface area contributed by atoms with Crippen LogP contribution in [0.2, 0.25) is 0 Å². The van der Waals surface area contributed by atoms with Gasteiger partial charge in [0.25, 0.3) is 0 Å². The Morgan fingerprint density at radius 3 is 2.78 bits per heavy atom. The molecule has 0 aliphatic carbocycles. The molecule has 0 bridgehead atoms.